The highest BCUT2D eigenvalue weighted by Gasteiger charge is 2.31. The number of ether oxygens (including phenoxy) is 3. The molecule has 1 atom stereocenters. The lowest BCUT2D eigenvalue weighted by Crippen LogP contribution is -2.19. The number of hydrogen-bond acceptors (Lipinski definition) is 4. The lowest BCUT2D eigenvalue weighted by Gasteiger charge is -2.06. The van der Waals surface area contributed by atoms with E-state index in [4.69, 9.17) is 14.2 Å². The Morgan fingerprint density at radius 3 is 2.94 bits per heavy atom. The van der Waals surface area contributed by atoms with Gasteiger partial charge < -0.3 is 14.2 Å². The number of rotatable bonds is 5. The minimum Gasteiger partial charge on any atom is -0.468 e. The average molecular weight is 236 g/mol. The molecule has 0 radical (unpaired) electrons. The second-order valence-electron chi connectivity index (χ2n) is 3.88. The summed E-state index contributed by atoms with van der Waals surface area (Å²) in [4.78, 5) is 11.9. The molecule has 1 unspecified atom stereocenters. The van der Waals surface area contributed by atoms with Crippen LogP contribution >= 0.6 is 0 Å². The van der Waals surface area contributed by atoms with Gasteiger partial charge in [0.05, 0.1) is 0 Å². The van der Waals surface area contributed by atoms with Gasteiger partial charge in [0.15, 0.2) is 12.6 Å². The summed E-state index contributed by atoms with van der Waals surface area (Å²) >= 11 is 0. The molecule has 0 heterocycles. The molecule has 0 N–H and O–H groups in total. The normalized spacial score (nSPS) is 18.2. The first-order valence-corrected chi connectivity index (χ1v) is 5.66. The summed E-state index contributed by atoms with van der Waals surface area (Å²) in [5.41, 5.74) is 1.73. The second-order valence-corrected chi connectivity index (χ2v) is 3.88. The highest BCUT2D eigenvalue weighted by Crippen LogP contribution is 2.27. The first-order valence-electron chi connectivity index (χ1n) is 5.66. The van der Waals surface area contributed by atoms with Crippen molar-refractivity contribution in [1.29, 1.82) is 0 Å². The maximum atomic E-state index is 11.9. The number of benzene rings is 1. The van der Waals surface area contributed by atoms with Crippen molar-refractivity contribution in [2.45, 2.75) is 19.4 Å². The van der Waals surface area contributed by atoms with E-state index in [-0.39, 0.29) is 18.7 Å². The Morgan fingerprint density at radius 2 is 2.24 bits per heavy atom. The molecule has 0 fully saturated rings. The van der Waals surface area contributed by atoms with Gasteiger partial charge in [0.1, 0.15) is 11.9 Å². The van der Waals surface area contributed by atoms with Gasteiger partial charge in [-0.15, -0.1) is 0 Å². The van der Waals surface area contributed by atoms with E-state index < -0.39 is 0 Å². The summed E-state index contributed by atoms with van der Waals surface area (Å²) in [6, 6.07) is 5.46. The van der Waals surface area contributed by atoms with Gasteiger partial charge in [-0.3, -0.25) is 4.79 Å². The lowest BCUT2D eigenvalue weighted by molar-refractivity contribution is 0.0496. The van der Waals surface area contributed by atoms with E-state index in [0.29, 0.717) is 13.0 Å². The molecule has 92 valence electrons. The zero-order chi connectivity index (χ0) is 12.3. The molecule has 4 heteroatoms. The van der Waals surface area contributed by atoms with Gasteiger partial charge in [-0.05, 0) is 30.7 Å². The lowest BCUT2D eigenvalue weighted by atomic mass is 10.1. The van der Waals surface area contributed by atoms with Gasteiger partial charge in [-0.1, -0.05) is 0 Å². The van der Waals surface area contributed by atoms with Crippen LogP contribution in [-0.4, -0.2) is 32.4 Å². The standard InChI is InChI=1S/C13H16O4/c1-3-16-12-7-9-6-10(17-8-15-2)4-5-11(9)13(12)14/h4-6,12H,3,7-8H2,1-2H3. The number of carbonyl (C=O) groups is 1. The third-order valence-electron chi connectivity index (χ3n) is 2.75. The number of methoxy groups -OCH3 is 1. The van der Waals surface area contributed by atoms with E-state index in [1.807, 2.05) is 13.0 Å². The van der Waals surface area contributed by atoms with Gasteiger partial charge in [-0.25, -0.2) is 0 Å². The highest BCUT2D eigenvalue weighted by atomic mass is 16.7. The molecule has 0 aromatic heterocycles. The van der Waals surface area contributed by atoms with Crippen LogP contribution in [0, 0.1) is 0 Å². The smallest absolute Gasteiger partial charge is 0.192 e. The van der Waals surface area contributed by atoms with Gasteiger partial charge in [0, 0.05) is 25.7 Å². The zero-order valence-corrected chi connectivity index (χ0v) is 10.1. The Kier molecular flexibility index (Phi) is 3.76. The molecule has 0 bridgehead atoms. The van der Waals surface area contributed by atoms with Crippen LogP contribution in [0.15, 0.2) is 18.2 Å². The molecule has 0 aliphatic heterocycles. The molecular formula is C13H16O4. The van der Waals surface area contributed by atoms with Crippen LogP contribution in [0.1, 0.15) is 22.8 Å². The topological polar surface area (TPSA) is 44.8 Å². The van der Waals surface area contributed by atoms with Gasteiger partial charge in [0.25, 0.3) is 0 Å². The zero-order valence-electron chi connectivity index (χ0n) is 10.1. The van der Waals surface area contributed by atoms with Crippen molar-refractivity contribution in [2.75, 3.05) is 20.5 Å². The molecule has 0 spiro atoms. The van der Waals surface area contributed by atoms with Crippen LogP contribution < -0.4 is 4.74 Å². The molecule has 0 saturated carbocycles. The molecule has 1 aromatic rings. The molecule has 1 aliphatic carbocycles. The summed E-state index contributed by atoms with van der Waals surface area (Å²) in [5, 5.41) is 0. The Morgan fingerprint density at radius 1 is 1.41 bits per heavy atom. The molecule has 2 rings (SSSR count). The number of fused-ring (bicyclic) bond motifs is 1. The molecule has 1 aromatic carbocycles. The fourth-order valence-corrected chi connectivity index (χ4v) is 2.00. The summed E-state index contributed by atoms with van der Waals surface area (Å²) in [6.45, 7) is 2.66. The fourth-order valence-electron chi connectivity index (χ4n) is 2.00. The SMILES string of the molecule is CCOC1Cc2cc(OCOC)ccc2C1=O. The van der Waals surface area contributed by atoms with Crippen LogP contribution in [0.2, 0.25) is 0 Å². The van der Waals surface area contributed by atoms with Crippen molar-refractivity contribution in [3.63, 3.8) is 0 Å². The third-order valence-corrected chi connectivity index (χ3v) is 2.75. The molecule has 1 aliphatic rings. The Balaban J connectivity index is 2.14. The minimum atomic E-state index is -0.326. The molecule has 17 heavy (non-hydrogen) atoms. The summed E-state index contributed by atoms with van der Waals surface area (Å²) in [5.74, 6) is 0.788. The van der Waals surface area contributed by atoms with E-state index in [1.165, 1.54) is 0 Å². The van der Waals surface area contributed by atoms with Crippen LogP contribution in [0.4, 0.5) is 0 Å². The number of carbonyl (C=O) groups excluding carboxylic acids is 1. The van der Waals surface area contributed by atoms with E-state index in [0.717, 1.165) is 16.9 Å². The summed E-state index contributed by atoms with van der Waals surface area (Å²) < 4.78 is 15.6. The molecule has 0 saturated heterocycles. The Labute approximate surface area is 100 Å². The maximum Gasteiger partial charge on any atom is 0.192 e. The summed E-state index contributed by atoms with van der Waals surface area (Å²) in [7, 11) is 1.57. The number of hydrogen-bond donors (Lipinski definition) is 0. The van der Waals surface area contributed by atoms with Crippen LogP contribution in [0.3, 0.4) is 0 Å². The van der Waals surface area contributed by atoms with E-state index in [1.54, 1.807) is 19.2 Å². The predicted molar refractivity (Wildman–Crippen MR) is 62.4 cm³/mol. The third kappa shape index (κ3) is 2.48. The van der Waals surface area contributed by atoms with Gasteiger partial charge in [-0.2, -0.15) is 0 Å². The quantitative estimate of drug-likeness (QED) is 0.731. The maximum absolute atomic E-state index is 11.9. The Bertz CT molecular complexity index is 414. The van der Waals surface area contributed by atoms with Gasteiger partial charge in [0.2, 0.25) is 0 Å². The molecule has 4 nitrogen and oxygen atoms in total. The first kappa shape index (κ1) is 12.1. The van der Waals surface area contributed by atoms with Crippen molar-refractivity contribution in [3.05, 3.63) is 29.3 Å². The highest BCUT2D eigenvalue weighted by molar-refractivity contribution is 6.04. The second kappa shape index (κ2) is 5.29. The van der Waals surface area contributed by atoms with Crippen molar-refractivity contribution in [2.24, 2.45) is 0 Å². The van der Waals surface area contributed by atoms with E-state index in [2.05, 4.69) is 0 Å². The van der Waals surface area contributed by atoms with E-state index >= 15 is 0 Å². The predicted octanol–water partition coefficient (Wildman–Crippen LogP) is 1.81. The van der Waals surface area contributed by atoms with E-state index in [9.17, 15) is 4.79 Å². The number of Topliss-reactive ketones (excluding diaryl/α,β-unsaturated/α-hetero) is 1. The fraction of sp³-hybridized carbons (Fsp3) is 0.462. The first-order chi connectivity index (χ1) is 8.26. The van der Waals surface area contributed by atoms with Gasteiger partial charge >= 0.3 is 0 Å². The monoisotopic (exact) mass is 236 g/mol. The molecular weight excluding hydrogens is 220 g/mol. The van der Waals surface area contributed by atoms with Crippen molar-refractivity contribution in [3.8, 4) is 5.75 Å². The minimum absolute atomic E-state index is 0.0696. The van der Waals surface area contributed by atoms with Crippen molar-refractivity contribution in [1.82, 2.24) is 0 Å². The average Bonchev–Trinajstić information content (AvgIpc) is 2.64. The van der Waals surface area contributed by atoms with Crippen LogP contribution in [0.25, 0.3) is 0 Å². The Hall–Kier alpha value is -1.39. The van der Waals surface area contributed by atoms with Crippen molar-refractivity contribution >= 4 is 5.78 Å². The van der Waals surface area contributed by atoms with Crippen molar-refractivity contribution < 1.29 is 19.0 Å². The largest absolute Gasteiger partial charge is 0.468 e. The number of ketones is 1. The van der Waals surface area contributed by atoms with Crippen LogP contribution in [-0.2, 0) is 15.9 Å². The van der Waals surface area contributed by atoms with Crippen LogP contribution in [0.5, 0.6) is 5.75 Å². The molecule has 0 amide bonds. The summed E-state index contributed by atoms with van der Waals surface area (Å²) in [6.07, 6.45) is 0.305.